The first-order valence-electron chi connectivity index (χ1n) is 10.0. The molecule has 1 aromatic carbocycles. The van der Waals surface area contributed by atoms with E-state index in [0.717, 1.165) is 32.4 Å². The number of fused-ring (bicyclic) bond motifs is 6. The first kappa shape index (κ1) is 16.6. The number of piperidine rings is 2. The van der Waals surface area contributed by atoms with Gasteiger partial charge in [-0.25, -0.2) is 0 Å². The number of rotatable bonds is 1. The smallest absolute Gasteiger partial charge is 0.311 e. The molecule has 1 aromatic rings. The second-order valence-electron chi connectivity index (χ2n) is 8.57. The number of ether oxygens (including phenoxy) is 1. The third kappa shape index (κ3) is 2.40. The summed E-state index contributed by atoms with van der Waals surface area (Å²) in [6.07, 6.45) is 3.36. The lowest BCUT2D eigenvalue weighted by atomic mass is 9.63. The Labute approximate surface area is 154 Å². The third-order valence-corrected chi connectivity index (χ3v) is 7.50. The van der Waals surface area contributed by atoms with Crippen molar-refractivity contribution in [1.29, 1.82) is 0 Å². The molecule has 3 aliphatic heterocycles. The van der Waals surface area contributed by atoms with E-state index >= 15 is 0 Å². The van der Waals surface area contributed by atoms with Gasteiger partial charge in [-0.1, -0.05) is 18.2 Å². The number of carbonyl (C=O) groups is 1. The zero-order chi connectivity index (χ0) is 17.8. The molecule has 5 nitrogen and oxygen atoms in total. The molecule has 26 heavy (non-hydrogen) atoms. The molecule has 3 heterocycles. The lowest BCUT2D eigenvalue weighted by Crippen LogP contribution is -2.61. The van der Waals surface area contributed by atoms with Gasteiger partial charge >= 0.3 is 5.97 Å². The molecule has 7 atom stereocenters. The maximum absolute atomic E-state index is 12.4. The molecule has 140 valence electrons. The van der Waals surface area contributed by atoms with E-state index in [1.54, 1.807) is 0 Å². The minimum absolute atomic E-state index is 0.226. The molecule has 1 saturated carbocycles. The van der Waals surface area contributed by atoms with E-state index in [4.69, 9.17) is 4.74 Å². The van der Waals surface area contributed by atoms with Gasteiger partial charge in [0.25, 0.3) is 0 Å². The van der Waals surface area contributed by atoms with Gasteiger partial charge in [-0.2, -0.15) is 0 Å². The van der Waals surface area contributed by atoms with Crippen LogP contribution in [0.25, 0.3) is 0 Å². The largest absolute Gasteiger partial charge is 0.469 e. The predicted octanol–water partition coefficient (Wildman–Crippen LogP) is 2.22. The van der Waals surface area contributed by atoms with Gasteiger partial charge < -0.3 is 15.2 Å². The quantitative estimate of drug-likeness (QED) is 0.756. The lowest BCUT2D eigenvalue weighted by molar-refractivity contribution is -0.160. The van der Waals surface area contributed by atoms with Gasteiger partial charge in [0.15, 0.2) is 0 Å². The standard InChI is InChI=1S/C21H28N2O3/c1-26-21(25)19-15-10-17-20-14(13-4-2-3-5-16(13)22-20)8-9-23(17)11-12(15)6-7-18(19)24/h2-5,12,14-15,17-20,22,24H,6-11H2,1H3/t12-,14-,15+,17+,18-,19+,20+/m0/s1. The summed E-state index contributed by atoms with van der Waals surface area (Å²) in [6, 6.07) is 9.53. The van der Waals surface area contributed by atoms with Gasteiger partial charge in [0.05, 0.1) is 19.1 Å². The van der Waals surface area contributed by atoms with Gasteiger partial charge in [-0.05, 0) is 55.7 Å². The third-order valence-electron chi connectivity index (χ3n) is 7.50. The van der Waals surface area contributed by atoms with E-state index in [1.807, 2.05) is 0 Å². The van der Waals surface area contributed by atoms with Crippen LogP contribution in [-0.2, 0) is 9.53 Å². The van der Waals surface area contributed by atoms with E-state index in [0.29, 0.717) is 23.9 Å². The van der Waals surface area contributed by atoms with Crippen LogP contribution in [0.4, 0.5) is 5.69 Å². The van der Waals surface area contributed by atoms with Crippen molar-refractivity contribution in [3.8, 4) is 0 Å². The number of methoxy groups -OCH3 is 1. The van der Waals surface area contributed by atoms with Crippen molar-refractivity contribution in [2.24, 2.45) is 17.8 Å². The van der Waals surface area contributed by atoms with Crippen LogP contribution in [0.15, 0.2) is 24.3 Å². The molecule has 0 bridgehead atoms. The van der Waals surface area contributed by atoms with Crippen LogP contribution in [0.3, 0.4) is 0 Å². The van der Waals surface area contributed by atoms with Crippen molar-refractivity contribution in [1.82, 2.24) is 4.90 Å². The number of nitrogens with zero attached hydrogens (tertiary/aromatic N) is 1. The number of aliphatic hydroxyl groups is 1. The second kappa shape index (κ2) is 6.24. The maximum Gasteiger partial charge on any atom is 0.311 e. The lowest BCUT2D eigenvalue weighted by Gasteiger charge is -2.54. The number of anilines is 1. The van der Waals surface area contributed by atoms with Crippen LogP contribution in [0.2, 0.25) is 0 Å². The Morgan fingerprint density at radius 2 is 2.12 bits per heavy atom. The van der Waals surface area contributed by atoms with E-state index in [-0.39, 0.29) is 17.8 Å². The van der Waals surface area contributed by atoms with E-state index in [9.17, 15) is 9.90 Å². The number of hydrogen-bond donors (Lipinski definition) is 2. The number of carbonyl (C=O) groups excluding carboxylic acids is 1. The average molecular weight is 356 g/mol. The van der Waals surface area contributed by atoms with Crippen LogP contribution >= 0.6 is 0 Å². The van der Waals surface area contributed by atoms with Crippen LogP contribution in [0.5, 0.6) is 0 Å². The molecule has 4 aliphatic rings. The number of nitrogens with one attached hydrogen (secondary N) is 1. The van der Waals surface area contributed by atoms with Gasteiger partial charge in [-0.15, -0.1) is 0 Å². The first-order chi connectivity index (χ1) is 12.7. The molecule has 2 saturated heterocycles. The van der Waals surface area contributed by atoms with Crippen molar-refractivity contribution in [2.45, 2.75) is 49.8 Å². The summed E-state index contributed by atoms with van der Waals surface area (Å²) in [5.74, 6) is 0.714. The number of para-hydroxylation sites is 1. The molecule has 5 rings (SSSR count). The molecule has 1 aliphatic carbocycles. The summed E-state index contributed by atoms with van der Waals surface area (Å²) in [7, 11) is 1.44. The minimum Gasteiger partial charge on any atom is -0.469 e. The fourth-order valence-electron chi connectivity index (χ4n) is 6.32. The molecule has 5 heteroatoms. The molecule has 0 spiro atoms. The highest BCUT2D eigenvalue weighted by molar-refractivity contribution is 5.73. The number of hydrogen-bond acceptors (Lipinski definition) is 5. The predicted molar refractivity (Wildman–Crippen MR) is 98.9 cm³/mol. The van der Waals surface area contributed by atoms with Crippen molar-refractivity contribution < 1.29 is 14.6 Å². The van der Waals surface area contributed by atoms with Crippen molar-refractivity contribution in [3.05, 3.63) is 29.8 Å². The Kier molecular flexibility index (Phi) is 3.98. The van der Waals surface area contributed by atoms with Gasteiger partial charge in [0, 0.05) is 30.2 Å². The summed E-state index contributed by atoms with van der Waals surface area (Å²) in [5.41, 5.74) is 2.73. The SMILES string of the molecule is COC(=O)[C@@H]1[C@@H]2C[C@@H]3[C@@H]4Nc5ccccc5[C@@H]4CCN3C[C@@H]2CC[C@@H]1O. The van der Waals surface area contributed by atoms with Crippen molar-refractivity contribution in [2.75, 3.05) is 25.5 Å². The van der Waals surface area contributed by atoms with Crippen LogP contribution in [0.1, 0.15) is 37.2 Å². The highest BCUT2D eigenvalue weighted by atomic mass is 16.5. The van der Waals surface area contributed by atoms with Gasteiger partial charge in [0.1, 0.15) is 0 Å². The Bertz CT molecular complexity index is 708. The Morgan fingerprint density at radius 3 is 2.96 bits per heavy atom. The second-order valence-corrected chi connectivity index (χ2v) is 8.57. The van der Waals surface area contributed by atoms with Gasteiger partial charge in [0.2, 0.25) is 0 Å². The number of esters is 1. The zero-order valence-corrected chi connectivity index (χ0v) is 15.3. The summed E-state index contributed by atoms with van der Waals surface area (Å²) < 4.78 is 5.05. The minimum atomic E-state index is -0.552. The molecule has 0 unspecified atom stereocenters. The van der Waals surface area contributed by atoms with Crippen molar-refractivity contribution >= 4 is 11.7 Å². The monoisotopic (exact) mass is 356 g/mol. The van der Waals surface area contributed by atoms with Crippen molar-refractivity contribution in [3.63, 3.8) is 0 Å². The Balaban J connectivity index is 1.43. The molecular formula is C21H28N2O3. The normalized spacial score (nSPS) is 41.2. The molecule has 0 radical (unpaired) electrons. The van der Waals surface area contributed by atoms with E-state index in [2.05, 4.69) is 34.5 Å². The summed E-state index contributed by atoms with van der Waals surface area (Å²) in [4.78, 5) is 15.0. The highest BCUT2D eigenvalue weighted by Crippen LogP contribution is 2.50. The molecule has 2 N–H and O–H groups in total. The molecule has 0 amide bonds. The summed E-state index contributed by atoms with van der Waals surface area (Å²) in [5, 5.41) is 14.3. The maximum atomic E-state index is 12.4. The van der Waals surface area contributed by atoms with E-state index < -0.39 is 6.10 Å². The van der Waals surface area contributed by atoms with Crippen LogP contribution < -0.4 is 5.32 Å². The summed E-state index contributed by atoms with van der Waals surface area (Å²) in [6.45, 7) is 2.19. The molecular weight excluding hydrogens is 328 g/mol. The molecule has 0 aromatic heterocycles. The average Bonchev–Trinajstić information content (AvgIpc) is 3.05. The Hall–Kier alpha value is -1.59. The van der Waals surface area contributed by atoms with E-state index in [1.165, 1.54) is 24.8 Å². The first-order valence-corrected chi connectivity index (χ1v) is 10.0. The summed E-state index contributed by atoms with van der Waals surface area (Å²) >= 11 is 0. The highest BCUT2D eigenvalue weighted by Gasteiger charge is 2.52. The fourth-order valence-corrected chi connectivity index (χ4v) is 6.32. The Morgan fingerprint density at radius 1 is 1.27 bits per heavy atom. The fraction of sp³-hybridized carbons (Fsp3) is 0.667. The number of benzene rings is 1. The van der Waals surface area contributed by atoms with Crippen LogP contribution in [-0.4, -0.2) is 54.4 Å². The number of aliphatic hydroxyl groups excluding tert-OH is 1. The zero-order valence-electron chi connectivity index (χ0n) is 15.3. The van der Waals surface area contributed by atoms with Gasteiger partial charge in [-0.3, -0.25) is 9.69 Å². The van der Waals surface area contributed by atoms with Crippen LogP contribution in [0, 0.1) is 17.8 Å². The topological polar surface area (TPSA) is 61.8 Å². The molecule has 3 fully saturated rings.